The number of para-hydroxylation sites is 2. The molecule has 27 heavy (non-hydrogen) atoms. The highest BCUT2D eigenvalue weighted by Crippen LogP contribution is 2.29. The van der Waals surface area contributed by atoms with Crippen LogP contribution < -0.4 is 10.2 Å². The van der Waals surface area contributed by atoms with Crippen molar-refractivity contribution in [2.24, 2.45) is 0 Å². The summed E-state index contributed by atoms with van der Waals surface area (Å²) in [6, 6.07) is 13.7. The zero-order valence-electron chi connectivity index (χ0n) is 14.8. The number of nitrogens with one attached hydrogen (secondary N) is 1. The van der Waals surface area contributed by atoms with Crippen LogP contribution in [0, 0.1) is 0 Å². The second-order valence-corrected chi connectivity index (χ2v) is 8.62. The van der Waals surface area contributed by atoms with Crippen LogP contribution in [0.3, 0.4) is 0 Å². The van der Waals surface area contributed by atoms with Crippen molar-refractivity contribution in [1.82, 2.24) is 4.98 Å². The third-order valence-corrected chi connectivity index (χ3v) is 5.76. The first-order chi connectivity index (χ1) is 12.9. The van der Waals surface area contributed by atoms with Gasteiger partial charge in [-0.1, -0.05) is 12.1 Å². The zero-order valence-corrected chi connectivity index (χ0v) is 15.6. The van der Waals surface area contributed by atoms with Gasteiger partial charge in [0.1, 0.15) is 11.6 Å². The van der Waals surface area contributed by atoms with E-state index >= 15 is 0 Å². The lowest BCUT2D eigenvalue weighted by atomic mass is 10.2. The lowest BCUT2D eigenvalue weighted by Crippen LogP contribution is -2.39. The van der Waals surface area contributed by atoms with E-state index in [1.54, 1.807) is 12.1 Å². The van der Waals surface area contributed by atoms with Crippen molar-refractivity contribution in [1.29, 1.82) is 0 Å². The van der Waals surface area contributed by atoms with Crippen LogP contribution in [0.2, 0.25) is 0 Å². The monoisotopic (exact) mass is 385 g/mol. The summed E-state index contributed by atoms with van der Waals surface area (Å²) in [6.07, 6.45) is 2.72. The van der Waals surface area contributed by atoms with E-state index < -0.39 is 9.84 Å². The van der Waals surface area contributed by atoms with Gasteiger partial charge in [0.15, 0.2) is 15.4 Å². The average molecular weight is 385 g/mol. The second kappa shape index (κ2) is 6.70. The van der Waals surface area contributed by atoms with Crippen LogP contribution in [0.1, 0.15) is 12.8 Å². The zero-order chi connectivity index (χ0) is 19.0. The summed E-state index contributed by atoms with van der Waals surface area (Å²) in [6.45, 7) is 0.692. The fraction of sp³-hybridized carbons (Fsp3) is 0.263. The van der Waals surface area contributed by atoms with Crippen LogP contribution in [0.25, 0.3) is 11.1 Å². The number of anilines is 2. The summed E-state index contributed by atoms with van der Waals surface area (Å²) in [7, 11) is -3.26. The number of rotatable bonds is 4. The molecular formula is C19H19N3O4S. The molecular weight excluding hydrogens is 366 g/mol. The standard InChI is InChI=1S/C19H19N3O4S/c1-27(24,25)14-10-8-13(9-11-14)20-18(23)16-6-4-12-22(16)19-21-15-5-2-3-7-17(15)26-19/h2-3,5,7-11,16H,4,6,12H2,1H3,(H,20,23). The Balaban J connectivity index is 1.52. The molecule has 0 saturated carbocycles. The maximum absolute atomic E-state index is 12.8. The summed E-state index contributed by atoms with van der Waals surface area (Å²) in [5.41, 5.74) is 2.00. The lowest BCUT2D eigenvalue weighted by Gasteiger charge is -2.22. The van der Waals surface area contributed by atoms with Crippen molar-refractivity contribution >= 4 is 38.5 Å². The molecule has 2 heterocycles. The molecule has 1 amide bonds. The van der Waals surface area contributed by atoms with Crippen LogP contribution in [0.4, 0.5) is 11.7 Å². The number of amides is 1. The number of oxazole rings is 1. The molecule has 4 rings (SSSR count). The van der Waals surface area contributed by atoms with E-state index in [9.17, 15) is 13.2 Å². The minimum Gasteiger partial charge on any atom is -0.423 e. The van der Waals surface area contributed by atoms with Gasteiger partial charge in [-0.3, -0.25) is 4.79 Å². The van der Waals surface area contributed by atoms with Gasteiger partial charge in [-0.05, 0) is 49.2 Å². The van der Waals surface area contributed by atoms with Gasteiger partial charge in [0.2, 0.25) is 5.91 Å². The maximum Gasteiger partial charge on any atom is 0.299 e. The molecule has 1 aromatic heterocycles. The minimum absolute atomic E-state index is 0.165. The Morgan fingerprint density at radius 1 is 1.19 bits per heavy atom. The number of hydrogen-bond acceptors (Lipinski definition) is 6. The Kier molecular flexibility index (Phi) is 4.35. The highest BCUT2D eigenvalue weighted by Gasteiger charge is 2.33. The summed E-state index contributed by atoms with van der Waals surface area (Å²) < 4.78 is 28.9. The lowest BCUT2D eigenvalue weighted by molar-refractivity contribution is -0.117. The normalized spacial score (nSPS) is 17.4. The van der Waals surface area contributed by atoms with Gasteiger partial charge in [-0.2, -0.15) is 4.98 Å². The molecule has 1 fully saturated rings. The highest BCUT2D eigenvalue weighted by molar-refractivity contribution is 7.90. The maximum atomic E-state index is 12.8. The van der Waals surface area contributed by atoms with Gasteiger partial charge in [0.25, 0.3) is 6.01 Å². The first kappa shape index (κ1) is 17.5. The number of hydrogen-bond donors (Lipinski definition) is 1. The van der Waals surface area contributed by atoms with Crippen LogP contribution in [-0.4, -0.2) is 38.2 Å². The third kappa shape index (κ3) is 3.52. The summed E-state index contributed by atoms with van der Waals surface area (Å²) in [4.78, 5) is 19.3. The van der Waals surface area contributed by atoms with Gasteiger partial charge in [0, 0.05) is 18.5 Å². The molecule has 140 valence electrons. The Morgan fingerprint density at radius 2 is 1.93 bits per heavy atom. The number of carbonyl (C=O) groups excluding carboxylic acids is 1. The summed E-state index contributed by atoms with van der Waals surface area (Å²) in [5, 5.41) is 2.85. The third-order valence-electron chi connectivity index (χ3n) is 4.63. The molecule has 0 radical (unpaired) electrons. The first-order valence-electron chi connectivity index (χ1n) is 8.65. The Hall–Kier alpha value is -2.87. The highest BCUT2D eigenvalue weighted by atomic mass is 32.2. The number of sulfone groups is 1. The smallest absolute Gasteiger partial charge is 0.299 e. The van der Waals surface area contributed by atoms with Crippen molar-refractivity contribution in [2.45, 2.75) is 23.8 Å². The second-order valence-electron chi connectivity index (χ2n) is 6.60. The number of carbonyl (C=O) groups is 1. The van der Waals surface area contributed by atoms with E-state index in [2.05, 4.69) is 10.3 Å². The van der Waals surface area contributed by atoms with Crippen molar-refractivity contribution in [3.63, 3.8) is 0 Å². The van der Waals surface area contributed by atoms with E-state index in [4.69, 9.17) is 4.42 Å². The van der Waals surface area contributed by atoms with E-state index in [-0.39, 0.29) is 16.8 Å². The number of fused-ring (bicyclic) bond motifs is 1. The molecule has 8 heteroatoms. The molecule has 1 unspecified atom stereocenters. The van der Waals surface area contributed by atoms with E-state index in [0.29, 0.717) is 30.3 Å². The van der Waals surface area contributed by atoms with E-state index in [1.165, 1.54) is 12.1 Å². The molecule has 1 aliphatic heterocycles. The molecule has 3 aromatic rings. The predicted molar refractivity (Wildman–Crippen MR) is 103 cm³/mol. The van der Waals surface area contributed by atoms with Gasteiger partial charge >= 0.3 is 0 Å². The largest absolute Gasteiger partial charge is 0.423 e. The van der Waals surface area contributed by atoms with Gasteiger partial charge in [-0.15, -0.1) is 0 Å². The number of aromatic nitrogens is 1. The van der Waals surface area contributed by atoms with Crippen molar-refractivity contribution < 1.29 is 17.6 Å². The summed E-state index contributed by atoms with van der Waals surface area (Å²) in [5.74, 6) is -0.165. The molecule has 1 saturated heterocycles. The van der Waals surface area contributed by atoms with Gasteiger partial charge in [0.05, 0.1) is 4.90 Å². The topological polar surface area (TPSA) is 92.5 Å². The number of benzene rings is 2. The SMILES string of the molecule is CS(=O)(=O)c1ccc(NC(=O)C2CCCN2c2nc3ccccc3o2)cc1. The van der Waals surface area contributed by atoms with Gasteiger partial charge in [-0.25, -0.2) is 8.42 Å². The average Bonchev–Trinajstić information content (AvgIpc) is 3.28. The van der Waals surface area contributed by atoms with Crippen molar-refractivity contribution in [3.8, 4) is 0 Å². The van der Waals surface area contributed by atoms with Crippen LogP contribution >= 0.6 is 0 Å². The Labute approximate surface area is 156 Å². The van der Waals surface area contributed by atoms with Crippen LogP contribution in [0.5, 0.6) is 0 Å². The molecule has 0 spiro atoms. The molecule has 0 aliphatic carbocycles. The fourth-order valence-corrected chi connectivity index (χ4v) is 3.89. The van der Waals surface area contributed by atoms with E-state index in [1.807, 2.05) is 29.2 Å². The Bertz CT molecular complexity index is 1060. The van der Waals surface area contributed by atoms with Crippen molar-refractivity contribution in [3.05, 3.63) is 48.5 Å². The molecule has 2 aromatic carbocycles. The molecule has 1 atom stereocenters. The van der Waals surface area contributed by atoms with Crippen LogP contribution in [-0.2, 0) is 14.6 Å². The first-order valence-corrected chi connectivity index (χ1v) is 10.5. The fourth-order valence-electron chi connectivity index (χ4n) is 3.26. The molecule has 0 bridgehead atoms. The van der Waals surface area contributed by atoms with Crippen LogP contribution in [0.15, 0.2) is 57.8 Å². The number of nitrogens with zero attached hydrogens (tertiary/aromatic N) is 2. The van der Waals surface area contributed by atoms with Gasteiger partial charge < -0.3 is 14.6 Å². The minimum atomic E-state index is -3.26. The molecule has 1 aliphatic rings. The summed E-state index contributed by atoms with van der Waals surface area (Å²) >= 11 is 0. The molecule has 7 nitrogen and oxygen atoms in total. The van der Waals surface area contributed by atoms with Crippen molar-refractivity contribution in [2.75, 3.05) is 23.0 Å². The quantitative estimate of drug-likeness (QED) is 0.742. The molecule has 1 N–H and O–H groups in total. The van der Waals surface area contributed by atoms with E-state index in [0.717, 1.165) is 18.2 Å². The predicted octanol–water partition coefficient (Wildman–Crippen LogP) is 2.84. The Morgan fingerprint density at radius 3 is 2.63 bits per heavy atom.